The number of nitrogens with one attached hydrogen (secondary N) is 1. The zero-order valence-electron chi connectivity index (χ0n) is 14.4. The number of allylic oxidation sites excluding steroid dienone is 4. The van der Waals surface area contributed by atoms with E-state index in [-0.39, 0.29) is 16.8 Å². The van der Waals surface area contributed by atoms with E-state index < -0.39 is 0 Å². The van der Waals surface area contributed by atoms with Gasteiger partial charge < -0.3 is 10.1 Å². The summed E-state index contributed by atoms with van der Waals surface area (Å²) in [5.41, 5.74) is 3.15. The first-order valence-corrected chi connectivity index (χ1v) is 7.94. The molecule has 0 aliphatic carbocycles. The molecule has 1 aliphatic rings. The van der Waals surface area contributed by atoms with Gasteiger partial charge >= 0.3 is 0 Å². The summed E-state index contributed by atoms with van der Waals surface area (Å²) in [7, 11) is 1.59. The molecule has 1 aromatic heterocycles. The molecule has 6 nitrogen and oxygen atoms in total. The Bertz CT molecular complexity index is 1070. The van der Waals surface area contributed by atoms with Gasteiger partial charge in [-0.2, -0.15) is 15.8 Å². The van der Waals surface area contributed by atoms with Crippen LogP contribution in [-0.2, 0) is 0 Å². The summed E-state index contributed by atoms with van der Waals surface area (Å²) in [5, 5.41) is 31.4. The van der Waals surface area contributed by atoms with Gasteiger partial charge in [0.25, 0.3) is 0 Å². The van der Waals surface area contributed by atoms with Crippen molar-refractivity contribution in [2.24, 2.45) is 0 Å². The molecule has 1 aromatic carbocycles. The molecule has 27 heavy (non-hydrogen) atoms. The van der Waals surface area contributed by atoms with Crippen molar-refractivity contribution in [1.29, 1.82) is 15.8 Å². The summed E-state index contributed by atoms with van der Waals surface area (Å²) >= 11 is 0. The number of methoxy groups -OCH3 is 1. The molecule has 3 rings (SSSR count). The van der Waals surface area contributed by atoms with Crippen LogP contribution in [0, 0.1) is 34.0 Å². The second-order valence-corrected chi connectivity index (χ2v) is 5.52. The van der Waals surface area contributed by atoms with E-state index in [1.807, 2.05) is 42.5 Å². The summed E-state index contributed by atoms with van der Waals surface area (Å²) < 4.78 is 5.18. The van der Waals surface area contributed by atoms with Crippen LogP contribution in [0.2, 0.25) is 0 Å². The van der Waals surface area contributed by atoms with Gasteiger partial charge in [0.1, 0.15) is 24.0 Å². The maximum atomic E-state index is 9.70. The van der Waals surface area contributed by atoms with Crippen molar-refractivity contribution < 1.29 is 4.74 Å². The molecule has 2 heterocycles. The van der Waals surface area contributed by atoms with Crippen LogP contribution in [0.5, 0.6) is 5.75 Å². The third kappa shape index (κ3) is 3.39. The van der Waals surface area contributed by atoms with Gasteiger partial charge in [0.05, 0.1) is 18.4 Å². The molecule has 0 atom stereocenters. The van der Waals surface area contributed by atoms with E-state index in [1.165, 1.54) is 0 Å². The van der Waals surface area contributed by atoms with Crippen LogP contribution in [0.25, 0.3) is 11.3 Å². The van der Waals surface area contributed by atoms with E-state index in [9.17, 15) is 15.8 Å². The van der Waals surface area contributed by atoms with Gasteiger partial charge in [-0.15, -0.1) is 0 Å². The number of hydrogen-bond acceptors (Lipinski definition) is 6. The van der Waals surface area contributed by atoms with Crippen molar-refractivity contribution in [3.63, 3.8) is 0 Å². The zero-order chi connectivity index (χ0) is 19.2. The van der Waals surface area contributed by atoms with Crippen LogP contribution in [0.3, 0.4) is 0 Å². The van der Waals surface area contributed by atoms with Gasteiger partial charge in [0, 0.05) is 23.7 Å². The van der Waals surface area contributed by atoms with Crippen LogP contribution in [0.1, 0.15) is 11.1 Å². The number of rotatable bonds is 3. The zero-order valence-corrected chi connectivity index (χ0v) is 14.4. The maximum Gasteiger partial charge on any atom is 0.154 e. The second-order valence-electron chi connectivity index (χ2n) is 5.52. The molecule has 0 spiro atoms. The lowest BCUT2D eigenvalue weighted by atomic mass is 9.92. The lowest BCUT2D eigenvalue weighted by Crippen LogP contribution is -2.20. The number of pyridine rings is 1. The number of hydrogen-bond donors (Lipinski definition) is 1. The van der Waals surface area contributed by atoms with E-state index in [4.69, 9.17) is 4.74 Å². The summed E-state index contributed by atoms with van der Waals surface area (Å²) in [6.45, 7) is 0. The maximum absolute atomic E-state index is 9.70. The van der Waals surface area contributed by atoms with Crippen molar-refractivity contribution in [2.45, 2.75) is 0 Å². The number of benzene rings is 1. The highest BCUT2D eigenvalue weighted by atomic mass is 16.5. The molecule has 2 aromatic rings. The smallest absolute Gasteiger partial charge is 0.154 e. The largest absolute Gasteiger partial charge is 0.497 e. The van der Waals surface area contributed by atoms with Gasteiger partial charge in [-0.05, 0) is 53.6 Å². The Morgan fingerprint density at radius 2 is 1.63 bits per heavy atom. The Balaban J connectivity index is 2.25. The standard InChI is InChI=1S/C21H13N5O/c1-27-17-4-2-15(3-5-17)20-10-18(14-6-8-25-9-7-14)19(13-24)21(26-20)16(11-22)12-23/h2-10,26H,1H3. The van der Waals surface area contributed by atoms with E-state index in [2.05, 4.69) is 16.4 Å². The Labute approximate surface area is 156 Å². The normalized spacial score (nSPS) is 12.8. The molecule has 0 radical (unpaired) electrons. The minimum atomic E-state index is -0.155. The minimum Gasteiger partial charge on any atom is -0.497 e. The highest BCUT2D eigenvalue weighted by molar-refractivity contribution is 5.93. The van der Waals surface area contributed by atoms with E-state index in [0.717, 1.165) is 11.1 Å². The molecule has 0 amide bonds. The van der Waals surface area contributed by atoms with Gasteiger partial charge in [-0.25, -0.2) is 0 Å². The van der Waals surface area contributed by atoms with Gasteiger partial charge in [0.15, 0.2) is 5.57 Å². The lowest BCUT2D eigenvalue weighted by molar-refractivity contribution is 0.415. The van der Waals surface area contributed by atoms with Gasteiger partial charge in [0.2, 0.25) is 0 Å². The molecule has 6 heteroatoms. The Hall–Kier alpha value is -4.34. The molecular formula is C21H13N5O. The van der Waals surface area contributed by atoms with Gasteiger partial charge in [-0.3, -0.25) is 4.98 Å². The third-order valence-corrected chi connectivity index (χ3v) is 4.05. The number of aromatic nitrogens is 1. The number of ether oxygens (including phenoxy) is 1. The highest BCUT2D eigenvalue weighted by Crippen LogP contribution is 2.33. The van der Waals surface area contributed by atoms with Gasteiger partial charge in [-0.1, -0.05) is 0 Å². The van der Waals surface area contributed by atoms with E-state index in [0.29, 0.717) is 17.0 Å². The van der Waals surface area contributed by atoms with Crippen molar-refractivity contribution in [1.82, 2.24) is 10.3 Å². The Morgan fingerprint density at radius 1 is 0.963 bits per heavy atom. The number of nitriles is 3. The first-order chi connectivity index (χ1) is 13.2. The third-order valence-electron chi connectivity index (χ3n) is 4.05. The predicted molar refractivity (Wildman–Crippen MR) is 99.1 cm³/mol. The molecule has 0 fully saturated rings. The van der Waals surface area contributed by atoms with Crippen molar-refractivity contribution >= 4 is 11.3 Å². The fraction of sp³-hybridized carbons (Fsp3) is 0.0476. The fourth-order valence-corrected chi connectivity index (χ4v) is 2.71. The van der Waals surface area contributed by atoms with Crippen molar-refractivity contribution in [3.05, 3.63) is 82.8 Å². The van der Waals surface area contributed by atoms with Crippen molar-refractivity contribution in [3.8, 4) is 24.0 Å². The first-order valence-electron chi connectivity index (χ1n) is 7.94. The molecule has 0 unspecified atom stereocenters. The summed E-state index contributed by atoms with van der Waals surface area (Å²) in [4.78, 5) is 4.00. The average Bonchev–Trinajstić information content (AvgIpc) is 2.74. The monoisotopic (exact) mass is 351 g/mol. The van der Waals surface area contributed by atoms with Crippen LogP contribution in [-0.4, -0.2) is 12.1 Å². The molecule has 1 aliphatic heterocycles. The lowest BCUT2D eigenvalue weighted by Gasteiger charge is -2.22. The van der Waals surface area contributed by atoms with E-state index in [1.54, 1.807) is 31.6 Å². The summed E-state index contributed by atoms with van der Waals surface area (Å²) in [5.74, 6) is 0.711. The Kier molecular flexibility index (Phi) is 4.98. The van der Waals surface area contributed by atoms with E-state index >= 15 is 0 Å². The average molecular weight is 351 g/mol. The first kappa shape index (κ1) is 17.5. The molecular weight excluding hydrogens is 338 g/mol. The topological polar surface area (TPSA) is 106 Å². The molecule has 128 valence electrons. The molecule has 0 saturated heterocycles. The molecule has 0 bridgehead atoms. The fourth-order valence-electron chi connectivity index (χ4n) is 2.71. The summed E-state index contributed by atoms with van der Waals surface area (Å²) in [6, 6.07) is 16.7. The van der Waals surface area contributed by atoms with Crippen LogP contribution in [0.15, 0.2) is 71.7 Å². The number of dihydropyridines is 1. The molecule has 1 N–H and O–H groups in total. The Morgan fingerprint density at radius 3 is 2.19 bits per heavy atom. The quantitative estimate of drug-likeness (QED) is 0.850. The minimum absolute atomic E-state index is 0.155. The van der Waals surface area contributed by atoms with Crippen LogP contribution >= 0.6 is 0 Å². The second kappa shape index (κ2) is 7.70. The van der Waals surface area contributed by atoms with Crippen LogP contribution < -0.4 is 10.1 Å². The van der Waals surface area contributed by atoms with Crippen LogP contribution in [0.4, 0.5) is 0 Å². The SMILES string of the molecule is COc1ccc(C2=CC(c3ccncc3)=C(C#N)C(=C(C#N)C#N)N2)cc1. The number of nitrogens with zero attached hydrogens (tertiary/aromatic N) is 4. The van der Waals surface area contributed by atoms with Crippen molar-refractivity contribution in [2.75, 3.05) is 7.11 Å². The predicted octanol–water partition coefficient (Wildman–Crippen LogP) is 3.31. The summed E-state index contributed by atoms with van der Waals surface area (Å²) in [6.07, 6.45) is 5.07. The molecule has 0 saturated carbocycles. The highest BCUT2D eigenvalue weighted by Gasteiger charge is 2.23.